The van der Waals surface area contributed by atoms with E-state index < -0.39 is 0 Å². The zero-order chi connectivity index (χ0) is 15.4. The van der Waals surface area contributed by atoms with Gasteiger partial charge in [0.15, 0.2) is 0 Å². The number of nitrogens with zero attached hydrogens (tertiary/aromatic N) is 1. The molecule has 4 heteroatoms. The van der Waals surface area contributed by atoms with Crippen LogP contribution in [0.15, 0.2) is 35.7 Å². The Hall–Kier alpha value is -1.81. The quantitative estimate of drug-likeness (QED) is 0.916. The van der Waals surface area contributed by atoms with Crippen LogP contribution >= 0.6 is 11.3 Å². The lowest BCUT2D eigenvalue weighted by molar-refractivity contribution is 0.0958. The Labute approximate surface area is 136 Å². The van der Waals surface area contributed by atoms with E-state index in [1.54, 1.807) is 0 Å². The van der Waals surface area contributed by atoms with E-state index in [0.29, 0.717) is 6.54 Å². The molecule has 3 nitrogen and oxygen atoms in total. The lowest BCUT2D eigenvalue weighted by Crippen LogP contribution is -2.29. The summed E-state index contributed by atoms with van der Waals surface area (Å²) in [6, 6.07) is 10.5. The SMILES string of the molecule is CCN1CCCc2cc(CCNC(=O)c3cccs3)ccc21. The molecule has 0 unspecified atom stereocenters. The van der Waals surface area contributed by atoms with Crippen LogP contribution < -0.4 is 10.2 Å². The van der Waals surface area contributed by atoms with Crippen LogP contribution in [0.25, 0.3) is 0 Å². The smallest absolute Gasteiger partial charge is 0.261 e. The Morgan fingerprint density at radius 2 is 2.27 bits per heavy atom. The number of nitrogens with one attached hydrogen (secondary N) is 1. The van der Waals surface area contributed by atoms with Gasteiger partial charge in [-0.25, -0.2) is 0 Å². The maximum absolute atomic E-state index is 11.9. The second-order valence-electron chi connectivity index (χ2n) is 5.63. The highest BCUT2D eigenvalue weighted by molar-refractivity contribution is 7.12. The highest BCUT2D eigenvalue weighted by Gasteiger charge is 2.15. The van der Waals surface area contributed by atoms with Crippen LogP contribution in [0.2, 0.25) is 0 Å². The van der Waals surface area contributed by atoms with Crippen molar-refractivity contribution in [3.8, 4) is 0 Å². The van der Waals surface area contributed by atoms with Crippen LogP contribution in [-0.4, -0.2) is 25.5 Å². The van der Waals surface area contributed by atoms with E-state index in [1.165, 1.54) is 47.5 Å². The van der Waals surface area contributed by atoms with Crippen LogP contribution in [0.1, 0.15) is 34.1 Å². The molecule has 116 valence electrons. The summed E-state index contributed by atoms with van der Waals surface area (Å²) in [6.07, 6.45) is 3.29. The Kier molecular flexibility index (Phi) is 4.78. The number of hydrogen-bond donors (Lipinski definition) is 1. The number of thiophene rings is 1. The van der Waals surface area contributed by atoms with Crippen molar-refractivity contribution in [1.29, 1.82) is 0 Å². The van der Waals surface area contributed by atoms with Crippen molar-refractivity contribution < 1.29 is 4.79 Å². The van der Waals surface area contributed by atoms with Crippen molar-refractivity contribution in [3.63, 3.8) is 0 Å². The molecule has 1 amide bonds. The van der Waals surface area contributed by atoms with Crippen LogP contribution in [0.3, 0.4) is 0 Å². The molecule has 1 aromatic carbocycles. The van der Waals surface area contributed by atoms with Gasteiger partial charge in [-0.1, -0.05) is 18.2 Å². The molecule has 0 fully saturated rings. The maximum atomic E-state index is 11.9. The zero-order valence-corrected chi connectivity index (χ0v) is 13.8. The third kappa shape index (κ3) is 3.33. The molecule has 1 aromatic heterocycles. The molecular weight excluding hydrogens is 292 g/mol. The van der Waals surface area contributed by atoms with Gasteiger partial charge in [0.05, 0.1) is 4.88 Å². The molecular formula is C18H22N2OS. The Morgan fingerprint density at radius 1 is 1.36 bits per heavy atom. The van der Waals surface area contributed by atoms with Crippen LogP contribution in [0.5, 0.6) is 0 Å². The molecule has 0 bridgehead atoms. The highest BCUT2D eigenvalue weighted by Crippen LogP contribution is 2.27. The minimum atomic E-state index is 0.0325. The number of rotatable bonds is 5. The number of anilines is 1. The largest absolute Gasteiger partial charge is 0.372 e. The minimum Gasteiger partial charge on any atom is -0.372 e. The van der Waals surface area contributed by atoms with Gasteiger partial charge in [-0.3, -0.25) is 4.79 Å². The van der Waals surface area contributed by atoms with E-state index in [0.717, 1.165) is 17.8 Å². The molecule has 0 spiro atoms. The van der Waals surface area contributed by atoms with Crippen molar-refractivity contribution in [1.82, 2.24) is 5.32 Å². The number of benzene rings is 1. The average Bonchev–Trinajstić information content (AvgIpc) is 3.08. The summed E-state index contributed by atoms with van der Waals surface area (Å²) in [7, 11) is 0. The number of aryl methyl sites for hydroxylation is 1. The number of fused-ring (bicyclic) bond motifs is 1. The van der Waals surface area contributed by atoms with Crippen molar-refractivity contribution in [2.75, 3.05) is 24.5 Å². The number of amides is 1. The Morgan fingerprint density at radius 3 is 3.05 bits per heavy atom. The first kappa shape index (κ1) is 15.1. The third-order valence-corrected chi connectivity index (χ3v) is 5.05. The summed E-state index contributed by atoms with van der Waals surface area (Å²) >= 11 is 1.48. The van der Waals surface area contributed by atoms with Gasteiger partial charge in [0.1, 0.15) is 0 Å². The van der Waals surface area contributed by atoms with Gasteiger partial charge in [0, 0.05) is 25.3 Å². The predicted molar refractivity (Wildman–Crippen MR) is 93.0 cm³/mol. The van der Waals surface area contributed by atoms with Crippen LogP contribution in [0, 0.1) is 0 Å². The molecule has 0 saturated heterocycles. The van der Waals surface area contributed by atoms with Crippen LogP contribution in [-0.2, 0) is 12.8 Å². The van der Waals surface area contributed by atoms with Gasteiger partial charge in [-0.05, 0) is 54.8 Å². The number of carbonyl (C=O) groups excluding carboxylic acids is 1. The summed E-state index contributed by atoms with van der Waals surface area (Å²) in [6.45, 7) is 5.14. The standard InChI is InChI=1S/C18H22N2OS/c1-2-20-11-3-5-15-13-14(7-8-16(15)20)9-10-19-18(21)17-6-4-12-22-17/h4,6-8,12-13H,2-3,5,9-11H2,1H3,(H,19,21). The van der Waals surface area contributed by atoms with E-state index in [-0.39, 0.29) is 5.91 Å². The van der Waals surface area contributed by atoms with Crippen LogP contribution in [0.4, 0.5) is 5.69 Å². The fourth-order valence-electron chi connectivity index (χ4n) is 3.03. The fourth-order valence-corrected chi connectivity index (χ4v) is 3.67. The molecule has 2 heterocycles. The summed E-state index contributed by atoms with van der Waals surface area (Å²) in [5.41, 5.74) is 4.15. The van der Waals surface area contributed by atoms with Crippen molar-refractivity contribution in [2.24, 2.45) is 0 Å². The van der Waals surface area contributed by atoms with Gasteiger partial charge in [-0.15, -0.1) is 11.3 Å². The summed E-state index contributed by atoms with van der Waals surface area (Å²) < 4.78 is 0. The molecule has 0 atom stereocenters. The highest BCUT2D eigenvalue weighted by atomic mass is 32.1. The molecule has 1 aliphatic rings. The van der Waals surface area contributed by atoms with Crippen molar-refractivity contribution in [3.05, 3.63) is 51.7 Å². The second kappa shape index (κ2) is 6.97. The van der Waals surface area contributed by atoms with Crippen molar-refractivity contribution >= 4 is 22.9 Å². The number of hydrogen-bond acceptors (Lipinski definition) is 3. The number of carbonyl (C=O) groups is 1. The van der Waals surface area contributed by atoms with Crippen molar-refractivity contribution in [2.45, 2.75) is 26.2 Å². The summed E-state index contributed by atoms with van der Waals surface area (Å²) in [4.78, 5) is 15.1. The van der Waals surface area contributed by atoms with E-state index in [9.17, 15) is 4.79 Å². The lowest BCUT2D eigenvalue weighted by Gasteiger charge is -2.30. The van der Waals surface area contributed by atoms with E-state index in [1.807, 2.05) is 17.5 Å². The first-order chi connectivity index (χ1) is 10.8. The maximum Gasteiger partial charge on any atom is 0.261 e. The molecule has 2 aromatic rings. The molecule has 0 saturated carbocycles. The van der Waals surface area contributed by atoms with E-state index in [4.69, 9.17) is 0 Å². The predicted octanol–water partition coefficient (Wildman–Crippen LogP) is 3.49. The minimum absolute atomic E-state index is 0.0325. The van der Waals surface area contributed by atoms with Gasteiger partial charge >= 0.3 is 0 Å². The molecule has 0 aliphatic carbocycles. The summed E-state index contributed by atoms with van der Waals surface area (Å²) in [5, 5.41) is 4.92. The van der Waals surface area contributed by atoms with E-state index in [2.05, 4.69) is 35.3 Å². The Bertz CT molecular complexity index is 637. The molecule has 0 radical (unpaired) electrons. The lowest BCUT2D eigenvalue weighted by atomic mass is 9.98. The summed E-state index contributed by atoms with van der Waals surface area (Å²) in [5.74, 6) is 0.0325. The average molecular weight is 314 g/mol. The fraction of sp³-hybridized carbons (Fsp3) is 0.389. The third-order valence-electron chi connectivity index (χ3n) is 4.18. The molecule has 3 rings (SSSR count). The van der Waals surface area contributed by atoms with Gasteiger partial charge in [0.2, 0.25) is 0 Å². The topological polar surface area (TPSA) is 32.3 Å². The normalized spacial score (nSPS) is 13.8. The van der Waals surface area contributed by atoms with Gasteiger partial charge in [-0.2, -0.15) is 0 Å². The zero-order valence-electron chi connectivity index (χ0n) is 13.0. The first-order valence-electron chi connectivity index (χ1n) is 7.96. The molecule has 1 aliphatic heterocycles. The monoisotopic (exact) mass is 314 g/mol. The Balaban J connectivity index is 1.58. The molecule has 22 heavy (non-hydrogen) atoms. The van der Waals surface area contributed by atoms with Gasteiger partial charge < -0.3 is 10.2 Å². The second-order valence-corrected chi connectivity index (χ2v) is 6.58. The molecule has 1 N–H and O–H groups in total. The van der Waals surface area contributed by atoms with E-state index >= 15 is 0 Å². The van der Waals surface area contributed by atoms with Gasteiger partial charge in [0.25, 0.3) is 5.91 Å². The first-order valence-corrected chi connectivity index (χ1v) is 8.84.